The van der Waals surface area contributed by atoms with E-state index in [1.807, 2.05) is 13.0 Å². The van der Waals surface area contributed by atoms with Crippen molar-refractivity contribution in [2.75, 3.05) is 6.26 Å². The number of hydrogen-bond donors (Lipinski definition) is 0. The molecule has 1 aromatic carbocycles. The van der Waals surface area contributed by atoms with Crippen molar-refractivity contribution in [1.29, 1.82) is 5.26 Å². The monoisotopic (exact) mass is 538 g/mol. The number of hydrogen-bond acceptors (Lipinski definition) is 4. The summed E-state index contributed by atoms with van der Waals surface area (Å²) in [5.74, 6) is 0. The van der Waals surface area contributed by atoms with Crippen LogP contribution in [0.15, 0.2) is 35.2 Å². The molecule has 0 atom stereocenters. The zero-order valence-electron chi connectivity index (χ0n) is 11.2. The molecular formula is C14H11N2O2RfS-. The third-order valence-electron chi connectivity index (χ3n) is 2.74. The first-order valence-electron chi connectivity index (χ1n) is 5.52. The summed E-state index contributed by atoms with van der Waals surface area (Å²) < 4.78 is 22.8. The van der Waals surface area contributed by atoms with Crippen LogP contribution in [0.3, 0.4) is 0 Å². The molecule has 98 valence electrons. The maximum atomic E-state index is 11.4. The number of aromatic nitrogens is 1. The average Bonchev–Trinajstić information content (AvgIpc) is 2.38. The first kappa shape index (κ1) is 14.9. The Hall–Kier alpha value is -3.19. The molecule has 0 amide bonds. The molecule has 0 N–H and O–H groups in total. The molecule has 0 spiro atoms. The zero-order chi connectivity index (χ0) is 14.0. The van der Waals surface area contributed by atoms with Gasteiger partial charge in [-0.3, -0.25) is 5.26 Å². The number of benzene rings is 1. The summed E-state index contributed by atoms with van der Waals surface area (Å²) in [6, 6.07) is 10.2. The maximum absolute atomic E-state index is 11.4. The second kappa shape index (κ2) is 5.21. The fourth-order valence-corrected chi connectivity index (χ4v) is 2.35. The van der Waals surface area contributed by atoms with Gasteiger partial charge in [-0.05, 0) is 35.7 Å². The minimum atomic E-state index is -3.20. The van der Waals surface area contributed by atoms with Crippen LogP contribution in [0.2, 0.25) is 0 Å². The van der Waals surface area contributed by atoms with Crippen molar-refractivity contribution in [3.05, 3.63) is 47.8 Å². The number of nitrogens with zero attached hydrogens (tertiary/aromatic N) is 2. The minimum absolute atomic E-state index is 0. The van der Waals surface area contributed by atoms with E-state index in [-0.39, 0.29) is 4.90 Å². The first-order chi connectivity index (χ1) is 8.91. The van der Waals surface area contributed by atoms with Crippen LogP contribution in [0.5, 0.6) is 0 Å². The Balaban J connectivity index is 0.00000200. The van der Waals surface area contributed by atoms with Crippen LogP contribution >= 0.6 is 0 Å². The van der Waals surface area contributed by atoms with Crippen LogP contribution in [0, 0.1) is 24.5 Å². The largest absolute Gasteiger partial charge is 0.356 e. The van der Waals surface area contributed by atoms with Gasteiger partial charge in [0.1, 0.15) is 0 Å². The van der Waals surface area contributed by atoms with Gasteiger partial charge in [0.05, 0.1) is 4.90 Å². The molecule has 2 rings (SSSR count). The fraction of sp³-hybridized carbons (Fsp3) is 0.143. The standard InChI is InChI=1S/C14H11N2O2S.Rf/c1-10-14(7-11(8-15)9-16-10)12-3-5-13(6-4-12)19(2,17)18;/h3-7H,1-2H3;/q-1;. The van der Waals surface area contributed by atoms with Gasteiger partial charge in [0.2, 0.25) is 0 Å². The van der Waals surface area contributed by atoms with Crippen molar-refractivity contribution in [2.24, 2.45) is 0 Å². The number of aryl methyl sites for hydroxylation is 1. The molecule has 0 aliphatic rings. The van der Waals surface area contributed by atoms with Gasteiger partial charge >= 0.3 is 0 Å². The van der Waals surface area contributed by atoms with Gasteiger partial charge in [-0.15, -0.1) is 6.07 Å². The SMILES string of the molecule is Cc1n[c-]c(C#N)cc1-c1ccc(S(C)(=O)=O)cc1.[Rf]. The van der Waals surface area contributed by atoms with E-state index in [4.69, 9.17) is 5.26 Å². The summed E-state index contributed by atoms with van der Waals surface area (Å²) in [4.78, 5) is 4.30. The summed E-state index contributed by atoms with van der Waals surface area (Å²) in [6.45, 7) is 1.82. The Kier molecular flexibility index (Phi) is 3.87. The zero-order valence-corrected chi connectivity index (χ0v) is 18.4. The summed E-state index contributed by atoms with van der Waals surface area (Å²) in [5, 5.41) is 8.85. The Morgan fingerprint density at radius 2 is 1.85 bits per heavy atom. The molecule has 0 radical (unpaired) electrons. The van der Waals surface area contributed by atoms with E-state index in [0.717, 1.165) is 16.8 Å². The second-order valence-electron chi connectivity index (χ2n) is 4.19. The summed E-state index contributed by atoms with van der Waals surface area (Å²) in [6.07, 6.45) is 3.79. The predicted molar refractivity (Wildman–Crippen MR) is 71.1 cm³/mol. The number of rotatable bonds is 2. The van der Waals surface area contributed by atoms with Crippen LogP contribution in [0.25, 0.3) is 11.1 Å². The second-order valence-corrected chi connectivity index (χ2v) is 6.20. The van der Waals surface area contributed by atoms with Crippen LogP contribution in [0.4, 0.5) is 0 Å². The molecule has 1 aromatic heterocycles. The Bertz CT molecular complexity index is 763. The molecule has 0 bridgehead atoms. The molecule has 0 unspecified atom stereocenters. The molecule has 6 heteroatoms. The van der Waals surface area contributed by atoms with Gasteiger partial charge in [-0.2, -0.15) is 0 Å². The van der Waals surface area contributed by atoms with E-state index in [9.17, 15) is 8.42 Å². The summed E-state index contributed by atoms with van der Waals surface area (Å²) in [5.41, 5.74) is 2.72. The molecule has 2 aromatic rings. The van der Waals surface area contributed by atoms with Crippen molar-refractivity contribution in [2.45, 2.75) is 11.8 Å². The van der Waals surface area contributed by atoms with E-state index in [1.54, 1.807) is 30.3 Å². The predicted octanol–water partition coefficient (Wildman–Crippen LogP) is 2.13. The quantitative estimate of drug-likeness (QED) is 0.550. The van der Waals surface area contributed by atoms with Crippen molar-refractivity contribution >= 4 is 9.84 Å². The van der Waals surface area contributed by atoms with Crippen LogP contribution in [0.1, 0.15) is 11.3 Å². The molecule has 1 heterocycles. The fourth-order valence-electron chi connectivity index (χ4n) is 1.72. The average molecular weight is 538 g/mol. The summed E-state index contributed by atoms with van der Waals surface area (Å²) >= 11 is 0. The maximum Gasteiger partial charge on any atom is 0.175 e. The van der Waals surface area contributed by atoms with Gasteiger partial charge in [0, 0.05) is 6.26 Å². The smallest absolute Gasteiger partial charge is 0.175 e. The van der Waals surface area contributed by atoms with Gasteiger partial charge in [-0.1, -0.05) is 30.2 Å². The van der Waals surface area contributed by atoms with Crippen LogP contribution in [-0.4, -0.2) is 19.7 Å². The van der Waals surface area contributed by atoms with Crippen LogP contribution < -0.4 is 0 Å². The van der Waals surface area contributed by atoms with Crippen molar-refractivity contribution in [3.8, 4) is 17.2 Å². The van der Waals surface area contributed by atoms with Crippen molar-refractivity contribution in [1.82, 2.24) is 4.98 Å². The molecule has 0 saturated heterocycles. The number of sulfone groups is 1. The summed E-state index contributed by atoms with van der Waals surface area (Å²) in [7, 11) is -3.20. The molecule has 0 aliphatic heterocycles. The van der Waals surface area contributed by atoms with E-state index in [0.29, 0.717) is 5.56 Å². The Morgan fingerprint density at radius 3 is 2.35 bits per heavy atom. The van der Waals surface area contributed by atoms with E-state index < -0.39 is 9.84 Å². The first-order valence-corrected chi connectivity index (χ1v) is 7.41. The Labute approximate surface area is 112 Å². The number of nitriles is 1. The normalized spacial score (nSPS) is 10.4. The van der Waals surface area contributed by atoms with E-state index >= 15 is 0 Å². The minimum Gasteiger partial charge on any atom is -0.356 e. The third kappa shape index (κ3) is 2.79. The molecule has 0 saturated carbocycles. The molecular weight excluding hydrogens is 527 g/mol. The van der Waals surface area contributed by atoms with Crippen LogP contribution in [-0.2, 0) is 9.84 Å². The van der Waals surface area contributed by atoms with E-state index in [2.05, 4.69) is 11.2 Å². The number of pyridine rings is 1. The van der Waals surface area contributed by atoms with Gasteiger partial charge < -0.3 is 4.98 Å². The van der Waals surface area contributed by atoms with Gasteiger partial charge in [0.25, 0.3) is 0 Å². The van der Waals surface area contributed by atoms with Gasteiger partial charge in [0.15, 0.2) is 9.84 Å². The molecule has 0 aliphatic carbocycles. The molecule has 4 nitrogen and oxygen atoms in total. The topological polar surface area (TPSA) is 70.8 Å². The molecule has 20 heavy (non-hydrogen) atoms. The third-order valence-corrected chi connectivity index (χ3v) is 3.86. The van der Waals surface area contributed by atoms with Crippen molar-refractivity contribution < 1.29 is 8.42 Å². The van der Waals surface area contributed by atoms with E-state index in [1.165, 1.54) is 6.26 Å². The Morgan fingerprint density at radius 1 is 1.25 bits per heavy atom. The van der Waals surface area contributed by atoms with Gasteiger partial charge in [-0.25, -0.2) is 8.42 Å². The molecule has 0 fully saturated rings. The van der Waals surface area contributed by atoms with Crippen molar-refractivity contribution in [3.63, 3.8) is 0 Å².